The molecule has 0 aliphatic carbocycles. The van der Waals surface area contributed by atoms with E-state index >= 15 is 0 Å². The van der Waals surface area contributed by atoms with Gasteiger partial charge >= 0.3 is 5.97 Å². The molecule has 0 saturated heterocycles. The Morgan fingerprint density at radius 2 is 1.76 bits per heavy atom. The van der Waals surface area contributed by atoms with Crippen LogP contribution in [-0.4, -0.2) is 39.1 Å². The number of esters is 1. The maximum atomic E-state index is 11.0. The third-order valence-electron chi connectivity index (χ3n) is 1.67. The SMILES string of the molecule is C=C(C)OCOCCNCCOC(=O)C(=C)C. The highest BCUT2D eigenvalue weighted by Crippen LogP contribution is 1.91. The van der Waals surface area contributed by atoms with Crippen LogP contribution in [-0.2, 0) is 19.0 Å². The van der Waals surface area contributed by atoms with Crippen molar-refractivity contribution in [3.05, 3.63) is 24.5 Å². The minimum absolute atomic E-state index is 0.210. The lowest BCUT2D eigenvalue weighted by Crippen LogP contribution is -2.25. The van der Waals surface area contributed by atoms with Crippen molar-refractivity contribution in [2.24, 2.45) is 0 Å². The van der Waals surface area contributed by atoms with Crippen molar-refractivity contribution in [2.75, 3.05) is 33.1 Å². The average Bonchev–Trinajstić information content (AvgIpc) is 2.25. The normalized spacial score (nSPS) is 9.76. The van der Waals surface area contributed by atoms with Crippen LogP contribution >= 0.6 is 0 Å². The molecule has 0 spiro atoms. The summed E-state index contributed by atoms with van der Waals surface area (Å²) in [5, 5.41) is 3.06. The Labute approximate surface area is 102 Å². The van der Waals surface area contributed by atoms with Crippen LogP contribution in [0.25, 0.3) is 0 Å². The zero-order valence-electron chi connectivity index (χ0n) is 10.6. The number of carbonyl (C=O) groups excluding carboxylic acids is 1. The second-order valence-corrected chi connectivity index (χ2v) is 3.54. The zero-order chi connectivity index (χ0) is 13.1. The lowest BCUT2D eigenvalue weighted by molar-refractivity contribution is -0.138. The fraction of sp³-hybridized carbons (Fsp3) is 0.583. The lowest BCUT2D eigenvalue weighted by Gasteiger charge is -2.08. The number of rotatable bonds is 10. The highest BCUT2D eigenvalue weighted by atomic mass is 16.7. The molecule has 0 aliphatic rings. The van der Waals surface area contributed by atoms with Crippen LogP contribution in [0, 0.1) is 0 Å². The second-order valence-electron chi connectivity index (χ2n) is 3.54. The van der Waals surface area contributed by atoms with Gasteiger partial charge in [0, 0.05) is 18.7 Å². The topological polar surface area (TPSA) is 56.8 Å². The van der Waals surface area contributed by atoms with Crippen LogP contribution in [0.1, 0.15) is 13.8 Å². The van der Waals surface area contributed by atoms with E-state index in [9.17, 15) is 4.79 Å². The zero-order valence-corrected chi connectivity index (χ0v) is 10.6. The second kappa shape index (κ2) is 9.86. The van der Waals surface area contributed by atoms with E-state index in [1.54, 1.807) is 13.8 Å². The molecule has 0 aliphatic heterocycles. The van der Waals surface area contributed by atoms with Crippen LogP contribution in [0.15, 0.2) is 24.5 Å². The Hall–Kier alpha value is -1.33. The largest absolute Gasteiger partial charge is 0.473 e. The van der Waals surface area contributed by atoms with Gasteiger partial charge in [0.1, 0.15) is 6.61 Å². The molecule has 17 heavy (non-hydrogen) atoms. The van der Waals surface area contributed by atoms with Gasteiger partial charge in [0.15, 0.2) is 6.79 Å². The van der Waals surface area contributed by atoms with Gasteiger partial charge in [-0.2, -0.15) is 0 Å². The molecule has 1 N–H and O–H groups in total. The fourth-order valence-electron chi connectivity index (χ4n) is 0.810. The summed E-state index contributed by atoms with van der Waals surface area (Å²) in [5.41, 5.74) is 0.408. The number of nitrogens with one attached hydrogen (secondary N) is 1. The molecular formula is C12H21NO4. The molecule has 0 aromatic carbocycles. The van der Waals surface area contributed by atoms with Gasteiger partial charge in [0.05, 0.1) is 12.4 Å². The maximum absolute atomic E-state index is 11.0. The van der Waals surface area contributed by atoms with E-state index in [1.165, 1.54) is 0 Å². The van der Waals surface area contributed by atoms with Gasteiger partial charge in [-0.05, 0) is 13.8 Å². The van der Waals surface area contributed by atoms with E-state index in [1.807, 2.05) is 0 Å². The van der Waals surface area contributed by atoms with E-state index in [-0.39, 0.29) is 12.8 Å². The molecule has 0 fully saturated rings. The van der Waals surface area contributed by atoms with Gasteiger partial charge in [0.2, 0.25) is 0 Å². The molecule has 5 heteroatoms. The molecule has 0 saturated carbocycles. The standard InChI is InChI=1S/C12H21NO4/c1-10(2)12(14)16-8-6-13-5-7-15-9-17-11(3)4/h13H,1,3,5-9H2,2,4H3. The summed E-state index contributed by atoms with van der Waals surface area (Å²) in [4.78, 5) is 11.0. The summed E-state index contributed by atoms with van der Waals surface area (Å²) in [6.07, 6.45) is 0. The van der Waals surface area contributed by atoms with Crippen molar-refractivity contribution in [1.82, 2.24) is 5.32 Å². The van der Waals surface area contributed by atoms with Crippen LogP contribution in [0.3, 0.4) is 0 Å². The van der Waals surface area contributed by atoms with E-state index in [0.717, 1.165) is 0 Å². The van der Waals surface area contributed by atoms with Crippen molar-refractivity contribution in [2.45, 2.75) is 13.8 Å². The third-order valence-corrected chi connectivity index (χ3v) is 1.67. The van der Waals surface area contributed by atoms with Crippen molar-refractivity contribution in [1.29, 1.82) is 0 Å². The number of hydrogen-bond donors (Lipinski definition) is 1. The Kier molecular flexibility index (Phi) is 9.09. The Balaban J connectivity index is 3.16. The van der Waals surface area contributed by atoms with Gasteiger partial charge in [-0.3, -0.25) is 0 Å². The monoisotopic (exact) mass is 243 g/mol. The van der Waals surface area contributed by atoms with Crippen LogP contribution in [0.2, 0.25) is 0 Å². The first kappa shape index (κ1) is 15.7. The van der Waals surface area contributed by atoms with Gasteiger partial charge < -0.3 is 19.5 Å². The maximum Gasteiger partial charge on any atom is 0.333 e. The molecule has 0 aromatic rings. The summed E-state index contributed by atoms with van der Waals surface area (Å²) in [5.74, 6) is 0.266. The highest BCUT2D eigenvalue weighted by molar-refractivity contribution is 5.86. The van der Waals surface area contributed by atoms with Crippen LogP contribution in [0.4, 0.5) is 0 Å². The highest BCUT2D eigenvalue weighted by Gasteiger charge is 2.01. The molecule has 98 valence electrons. The smallest absolute Gasteiger partial charge is 0.333 e. The average molecular weight is 243 g/mol. The first-order chi connectivity index (χ1) is 8.04. The van der Waals surface area contributed by atoms with Gasteiger partial charge in [-0.25, -0.2) is 4.79 Å². The van der Waals surface area contributed by atoms with Crippen molar-refractivity contribution >= 4 is 5.97 Å². The van der Waals surface area contributed by atoms with Crippen molar-refractivity contribution in [3.8, 4) is 0 Å². The first-order valence-corrected chi connectivity index (χ1v) is 5.43. The molecular weight excluding hydrogens is 222 g/mol. The molecule has 5 nitrogen and oxygen atoms in total. The molecule has 0 heterocycles. The summed E-state index contributed by atoms with van der Waals surface area (Å²) in [6.45, 7) is 12.8. The van der Waals surface area contributed by atoms with Gasteiger partial charge in [0.25, 0.3) is 0 Å². The molecule has 0 atom stereocenters. The number of hydrogen-bond acceptors (Lipinski definition) is 5. The molecule has 0 radical (unpaired) electrons. The minimum Gasteiger partial charge on any atom is -0.473 e. The molecule has 0 unspecified atom stereocenters. The third kappa shape index (κ3) is 10.9. The van der Waals surface area contributed by atoms with E-state index in [2.05, 4.69) is 18.5 Å². The molecule has 0 rings (SSSR count). The Morgan fingerprint density at radius 3 is 2.35 bits per heavy atom. The van der Waals surface area contributed by atoms with E-state index in [0.29, 0.717) is 37.6 Å². The van der Waals surface area contributed by atoms with E-state index < -0.39 is 0 Å². The van der Waals surface area contributed by atoms with Crippen LogP contribution < -0.4 is 5.32 Å². The predicted molar refractivity (Wildman–Crippen MR) is 65.4 cm³/mol. The van der Waals surface area contributed by atoms with Crippen molar-refractivity contribution < 1.29 is 19.0 Å². The molecule has 0 aromatic heterocycles. The summed E-state index contributed by atoms with van der Waals surface area (Å²) in [7, 11) is 0. The van der Waals surface area contributed by atoms with Gasteiger partial charge in [-0.15, -0.1) is 0 Å². The number of ether oxygens (including phenoxy) is 3. The van der Waals surface area contributed by atoms with Gasteiger partial charge in [-0.1, -0.05) is 13.2 Å². The summed E-state index contributed by atoms with van der Waals surface area (Å²) in [6, 6.07) is 0. The lowest BCUT2D eigenvalue weighted by atomic mass is 10.4. The molecule has 0 bridgehead atoms. The summed E-state index contributed by atoms with van der Waals surface area (Å²) < 4.78 is 15.0. The van der Waals surface area contributed by atoms with Crippen LogP contribution in [0.5, 0.6) is 0 Å². The summed E-state index contributed by atoms with van der Waals surface area (Å²) >= 11 is 0. The number of allylic oxidation sites excluding steroid dienone is 1. The van der Waals surface area contributed by atoms with E-state index in [4.69, 9.17) is 14.2 Å². The minimum atomic E-state index is -0.363. The Bertz CT molecular complexity index is 263. The molecule has 0 amide bonds. The fourth-order valence-corrected chi connectivity index (χ4v) is 0.810. The number of carbonyl (C=O) groups is 1. The predicted octanol–water partition coefficient (Wildman–Crippen LogP) is 1.22. The van der Waals surface area contributed by atoms with Crippen molar-refractivity contribution in [3.63, 3.8) is 0 Å². The Morgan fingerprint density at radius 1 is 1.12 bits per heavy atom. The quantitative estimate of drug-likeness (QED) is 0.205. The first-order valence-electron chi connectivity index (χ1n) is 5.43.